The van der Waals surface area contributed by atoms with Gasteiger partial charge in [-0.05, 0) is 48.9 Å². The highest BCUT2D eigenvalue weighted by atomic mass is 16.3. The summed E-state index contributed by atoms with van der Waals surface area (Å²) in [5.41, 5.74) is 4.42. The summed E-state index contributed by atoms with van der Waals surface area (Å²) in [6.07, 6.45) is 3.47. The number of carbonyl (C=O) groups is 1. The molecule has 1 N–H and O–H groups in total. The van der Waals surface area contributed by atoms with Crippen LogP contribution in [0, 0.1) is 12.3 Å². The first-order valence-electron chi connectivity index (χ1n) is 10.8. The van der Waals surface area contributed by atoms with Crippen molar-refractivity contribution < 1.29 is 9.21 Å². The average molecular weight is 428 g/mol. The van der Waals surface area contributed by atoms with Gasteiger partial charge in [0.25, 0.3) is 5.91 Å². The van der Waals surface area contributed by atoms with Gasteiger partial charge in [-0.2, -0.15) is 5.10 Å². The van der Waals surface area contributed by atoms with Gasteiger partial charge in [-0.15, -0.1) is 0 Å². The average Bonchev–Trinajstić information content (AvgIpc) is 3.16. The van der Waals surface area contributed by atoms with Crippen molar-refractivity contribution in [3.05, 3.63) is 93.6 Å². The maximum Gasteiger partial charge on any atom is 0.287 e. The predicted molar refractivity (Wildman–Crippen MR) is 123 cm³/mol. The van der Waals surface area contributed by atoms with Crippen molar-refractivity contribution in [1.82, 2.24) is 15.1 Å². The number of benzene rings is 2. The molecular weight excluding hydrogens is 402 g/mol. The lowest BCUT2D eigenvalue weighted by Crippen LogP contribution is -2.37. The second-order valence-electron chi connectivity index (χ2n) is 9.29. The molecule has 6 heteroatoms. The molecule has 162 valence electrons. The van der Waals surface area contributed by atoms with Crippen molar-refractivity contribution >= 4 is 16.9 Å². The van der Waals surface area contributed by atoms with E-state index in [1.54, 1.807) is 24.3 Å². The van der Waals surface area contributed by atoms with E-state index in [1.165, 1.54) is 6.07 Å². The van der Waals surface area contributed by atoms with E-state index < -0.39 is 5.91 Å². The second-order valence-corrected chi connectivity index (χ2v) is 9.29. The number of carbonyl (C=O) groups excluding carboxylic acids is 1. The fourth-order valence-corrected chi connectivity index (χ4v) is 4.63. The smallest absolute Gasteiger partial charge is 0.287 e. The van der Waals surface area contributed by atoms with Crippen LogP contribution >= 0.6 is 0 Å². The predicted octanol–water partition coefficient (Wildman–Crippen LogP) is 4.73. The number of aryl methyl sites for hydroxylation is 1. The topological polar surface area (TPSA) is 77.1 Å². The quantitative estimate of drug-likeness (QED) is 0.513. The van der Waals surface area contributed by atoms with Gasteiger partial charge in [0.2, 0.25) is 0 Å². The minimum absolute atomic E-state index is 0.0184. The third-order valence-electron chi connectivity index (χ3n) is 6.19. The number of rotatable bonds is 3. The van der Waals surface area contributed by atoms with E-state index in [-0.39, 0.29) is 22.6 Å². The number of amides is 1. The number of hydrogen-bond acceptors (Lipinski definition) is 4. The highest BCUT2D eigenvalue weighted by Gasteiger charge is 2.36. The Labute approximate surface area is 185 Å². The molecule has 2 aromatic carbocycles. The van der Waals surface area contributed by atoms with Gasteiger partial charge in [0.1, 0.15) is 5.58 Å². The Morgan fingerprint density at radius 3 is 2.72 bits per heavy atom. The van der Waals surface area contributed by atoms with E-state index in [0.717, 1.165) is 35.3 Å². The molecule has 0 saturated heterocycles. The first-order chi connectivity index (χ1) is 15.3. The molecule has 5 rings (SSSR count). The summed E-state index contributed by atoms with van der Waals surface area (Å²) in [5.74, 6) is -0.380. The summed E-state index contributed by atoms with van der Waals surface area (Å²) < 4.78 is 7.73. The third kappa shape index (κ3) is 3.51. The van der Waals surface area contributed by atoms with E-state index in [2.05, 4.69) is 43.3 Å². The number of hydrogen-bond donors (Lipinski definition) is 1. The lowest BCUT2D eigenvalue weighted by atomic mass is 9.74. The lowest BCUT2D eigenvalue weighted by molar-refractivity contribution is 0.0891. The van der Waals surface area contributed by atoms with Crippen molar-refractivity contribution in [2.75, 3.05) is 0 Å². The zero-order valence-corrected chi connectivity index (χ0v) is 18.4. The monoisotopic (exact) mass is 427 g/mol. The van der Waals surface area contributed by atoms with Crippen LogP contribution in [0.2, 0.25) is 0 Å². The van der Waals surface area contributed by atoms with Gasteiger partial charge in [0, 0.05) is 11.6 Å². The molecule has 0 aliphatic heterocycles. The summed E-state index contributed by atoms with van der Waals surface area (Å²) in [6, 6.07) is 16.1. The van der Waals surface area contributed by atoms with Crippen LogP contribution in [0.1, 0.15) is 53.7 Å². The number of nitrogens with zero attached hydrogens (tertiary/aromatic N) is 2. The summed E-state index contributed by atoms with van der Waals surface area (Å²) in [6.45, 7) is 6.46. The summed E-state index contributed by atoms with van der Waals surface area (Å²) in [7, 11) is 0. The molecule has 0 spiro atoms. The minimum Gasteiger partial charge on any atom is -0.451 e. The molecule has 1 aliphatic rings. The van der Waals surface area contributed by atoms with Crippen LogP contribution in [0.25, 0.3) is 16.7 Å². The standard InChI is InChI=1S/C26H25N3O3/c1-16-8-4-6-10-20(16)29-21-14-26(2,3)13-19(18(21)15-27-29)28-25(31)24-12-22(30)17-9-5-7-11-23(17)32-24/h4-12,15,19H,13-14H2,1-3H3,(H,28,31). The van der Waals surface area contributed by atoms with Crippen LogP contribution in [-0.2, 0) is 6.42 Å². The largest absolute Gasteiger partial charge is 0.451 e. The molecule has 0 bridgehead atoms. The van der Waals surface area contributed by atoms with Crippen molar-refractivity contribution in [1.29, 1.82) is 0 Å². The molecule has 0 radical (unpaired) electrons. The Morgan fingerprint density at radius 2 is 1.91 bits per heavy atom. The van der Waals surface area contributed by atoms with Crippen molar-refractivity contribution in [2.24, 2.45) is 5.41 Å². The van der Waals surface area contributed by atoms with Gasteiger partial charge < -0.3 is 9.73 Å². The van der Waals surface area contributed by atoms with Crippen LogP contribution in [0.3, 0.4) is 0 Å². The molecule has 1 atom stereocenters. The molecule has 2 aromatic heterocycles. The van der Waals surface area contributed by atoms with E-state index in [0.29, 0.717) is 11.0 Å². The van der Waals surface area contributed by atoms with Crippen LogP contribution in [0.5, 0.6) is 0 Å². The summed E-state index contributed by atoms with van der Waals surface area (Å²) in [4.78, 5) is 25.5. The normalized spacial score (nSPS) is 17.2. The zero-order chi connectivity index (χ0) is 22.5. The fourth-order valence-electron chi connectivity index (χ4n) is 4.63. The molecule has 1 amide bonds. The molecule has 0 fully saturated rings. The van der Waals surface area contributed by atoms with Crippen LogP contribution in [0.15, 0.2) is 70.0 Å². The lowest BCUT2D eigenvalue weighted by Gasteiger charge is -2.36. The number of aromatic nitrogens is 2. The van der Waals surface area contributed by atoms with E-state index in [4.69, 9.17) is 4.42 Å². The first kappa shape index (κ1) is 20.2. The van der Waals surface area contributed by atoms with Crippen molar-refractivity contribution in [2.45, 2.75) is 39.7 Å². The summed E-state index contributed by atoms with van der Waals surface area (Å²) in [5, 5.41) is 8.23. The molecule has 4 aromatic rings. The van der Waals surface area contributed by atoms with Gasteiger partial charge in [-0.1, -0.05) is 44.2 Å². The molecule has 32 heavy (non-hydrogen) atoms. The van der Waals surface area contributed by atoms with E-state index in [1.807, 2.05) is 23.0 Å². The SMILES string of the molecule is Cc1ccccc1-n1ncc2c1CC(C)(C)CC2NC(=O)c1cc(=O)c2ccccc2o1. The molecule has 0 saturated carbocycles. The molecule has 6 nitrogen and oxygen atoms in total. The highest BCUT2D eigenvalue weighted by Crippen LogP contribution is 2.41. The summed E-state index contributed by atoms with van der Waals surface area (Å²) >= 11 is 0. The minimum atomic E-state index is -0.398. The maximum atomic E-state index is 13.1. The molecule has 2 heterocycles. The zero-order valence-electron chi connectivity index (χ0n) is 18.4. The number of para-hydroxylation sites is 2. The van der Waals surface area contributed by atoms with Gasteiger partial charge in [0.05, 0.1) is 29.0 Å². The maximum absolute atomic E-state index is 13.1. The van der Waals surface area contributed by atoms with Gasteiger partial charge >= 0.3 is 0 Å². The van der Waals surface area contributed by atoms with E-state index >= 15 is 0 Å². The second kappa shape index (κ2) is 7.48. The molecule has 1 unspecified atom stereocenters. The first-order valence-corrected chi connectivity index (χ1v) is 10.8. The number of fused-ring (bicyclic) bond motifs is 2. The Bertz CT molecular complexity index is 1400. The van der Waals surface area contributed by atoms with Crippen molar-refractivity contribution in [3.63, 3.8) is 0 Å². The van der Waals surface area contributed by atoms with Crippen LogP contribution in [0.4, 0.5) is 0 Å². The van der Waals surface area contributed by atoms with E-state index in [9.17, 15) is 9.59 Å². The highest BCUT2D eigenvalue weighted by molar-refractivity contribution is 5.93. The Hall–Kier alpha value is -3.67. The Morgan fingerprint density at radius 1 is 1.16 bits per heavy atom. The number of nitrogens with one attached hydrogen (secondary N) is 1. The molecule has 1 aliphatic carbocycles. The Balaban J connectivity index is 1.51. The van der Waals surface area contributed by atoms with Crippen LogP contribution < -0.4 is 10.7 Å². The Kier molecular flexibility index (Phi) is 4.73. The molecular formula is C26H25N3O3. The van der Waals surface area contributed by atoms with Crippen molar-refractivity contribution in [3.8, 4) is 5.69 Å². The van der Waals surface area contributed by atoms with Gasteiger partial charge in [-0.25, -0.2) is 4.68 Å². The third-order valence-corrected chi connectivity index (χ3v) is 6.19. The fraction of sp³-hybridized carbons (Fsp3) is 0.269. The van der Waals surface area contributed by atoms with Gasteiger partial charge in [0.15, 0.2) is 11.2 Å². The van der Waals surface area contributed by atoms with Gasteiger partial charge in [-0.3, -0.25) is 9.59 Å². The van der Waals surface area contributed by atoms with Crippen LogP contribution in [-0.4, -0.2) is 15.7 Å².